The zero-order valence-corrected chi connectivity index (χ0v) is 16.5. The lowest BCUT2D eigenvalue weighted by Gasteiger charge is -2.15. The van der Waals surface area contributed by atoms with Crippen molar-refractivity contribution >= 4 is 13.6 Å². The van der Waals surface area contributed by atoms with E-state index in [1.165, 1.54) is 32.1 Å². The lowest BCUT2D eigenvalue weighted by Crippen LogP contribution is -2.32. The number of hydrogen-bond donors (Lipinski definition) is 4. The van der Waals surface area contributed by atoms with E-state index in [9.17, 15) is 9.36 Å². The molecule has 0 spiro atoms. The Morgan fingerprint density at radius 2 is 1.73 bits per heavy atom. The van der Waals surface area contributed by atoms with Gasteiger partial charge in [-0.3, -0.25) is 9.36 Å². The Morgan fingerprint density at radius 3 is 2.35 bits per heavy atom. The molecule has 0 aliphatic heterocycles. The van der Waals surface area contributed by atoms with E-state index < -0.39 is 19.6 Å². The predicted molar refractivity (Wildman–Crippen MR) is 103 cm³/mol. The molecule has 7 heteroatoms. The summed E-state index contributed by atoms with van der Waals surface area (Å²) in [7, 11) is -4.09. The van der Waals surface area contributed by atoms with Crippen LogP contribution in [0.2, 0.25) is 0 Å². The van der Waals surface area contributed by atoms with Crippen molar-refractivity contribution in [3.8, 4) is 0 Å². The maximum atomic E-state index is 11.1. The summed E-state index contributed by atoms with van der Waals surface area (Å²) in [5.41, 5.74) is 8.32. The van der Waals surface area contributed by atoms with Crippen molar-refractivity contribution in [2.45, 2.75) is 70.8 Å². The van der Waals surface area contributed by atoms with Crippen molar-refractivity contribution in [1.82, 2.24) is 0 Å². The molecule has 0 aliphatic rings. The van der Waals surface area contributed by atoms with E-state index in [4.69, 9.17) is 20.6 Å². The van der Waals surface area contributed by atoms with E-state index in [0.717, 1.165) is 29.5 Å². The third-order valence-electron chi connectivity index (χ3n) is 4.52. The van der Waals surface area contributed by atoms with Crippen molar-refractivity contribution in [3.63, 3.8) is 0 Å². The molecule has 0 fully saturated rings. The Kier molecular flexibility index (Phi) is 10.1. The van der Waals surface area contributed by atoms with Crippen LogP contribution < -0.4 is 5.73 Å². The van der Waals surface area contributed by atoms with Gasteiger partial charge in [0.05, 0.1) is 6.16 Å². The minimum Gasteiger partial charge on any atom is -0.480 e. The summed E-state index contributed by atoms with van der Waals surface area (Å²) in [4.78, 5) is 29.2. The first-order valence-corrected chi connectivity index (χ1v) is 11.2. The molecule has 0 aromatic heterocycles. The second-order valence-electron chi connectivity index (χ2n) is 6.91. The van der Waals surface area contributed by atoms with Crippen LogP contribution in [0.25, 0.3) is 0 Å². The van der Waals surface area contributed by atoms with Gasteiger partial charge in [-0.1, -0.05) is 57.2 Å². The van der Waals surface area contributed by atoms with Gasteiger partial charge >= 0.3 is 13.6 Å². The monoisotopic (exact) mass is 385 g/mol. The number of rotatable bonds is 13. The zero-order chi connectivity index (χ0) is 19.6. The summed E-state index contributed by atoms with van der Waals surface area (Å²) in [5, 5.41) is 9.06. The topological polar surface area (TPSA) is 121 Å². The smallest absolute Gasteiger partial charge is 0.325 e. The highest BCUT2D eigenvalue weighted by Gasteiger charge is 2.18. The van der Waals surface area contributed by atoms with Gasteiger partial charge < -0.3 is 20.6 Å². The van der Waals surface area contributed by atoms with Gasteiger partial charge in [-0.25, -0.2) is 0 Å². The number of hydrogen-bond acceptors (Lipinski definition) is 3. The van der Waals surface area contributed by atoms with Gasteiger partial charge in [0.25, 0.3) is 0 Å². The molecule has 1 aromatic carbocycles. The van der Waals surface area contributed by atoms with Crippen LogP contribution in [0.1, 0.15) is 62.1 Å². The van der Waals surface area contributed by atoms with E-state index in [1.54, 1.807) is 0 Å². The number of aryl methyl sites for hydroxylation is 2. The highest BCUT2D eigenvalue weighted by molar-refractivity contribution is 7.51. The first-order chi connectivity index (χ1) is 12.2. The Hall–Kier alpha value is -1.20. The maximum Gasteiger partial charge on any atom is 0.325 e. The molecule has 1 aromatic rings. The molecule has 26 heavy (non-hydrogen) atoms. The normalized spacial score (nSPS) is 12.9. The average molecular weight is 385 g/mol. The lowest BCUT2D eigenvalue weighted by atomic mass is 9.94. The van der Waals surface area contributed by atoms with E-state index in [1.807, 2.05) is 18.2 Å². The molecule has 6 nitrogen and oxygen atoms in total. The standard InChI is InChI=1S/C19H32NO5P/c1-2-3-4-5-6-7-8-15-9-10-16(11-12-26(23,24)25)17(13-15)14-18(20)19(21)22/h9-10,13,18H,2-8,11-12,14,20H2,1H3,(H,21,22)(H2,23,24,25)/t18-/m0/s1. The van der Waals surface area contributed by atoms with Crippen molar-refractivity contribution in [2.24, 2.45) is 5.73 Å². The minimum atomic E-state index is -4.09. The molecule has 0 heterocycles. The van der Waals surface area contributed by atoms with Gasteiger partial charge in [0.1, 0.15) is 6.04 Å². The largest absolute Gasteiger partial charge is 0.480 e. The van der Waals surface area contributed by atoms with Crippen LogP contribution in [0.3, 0.4) is 0 Å². The summed E-state index contributed by atoms with van der Waals surface area (Å²) >= 11 is 0. The molecule has 0 saturated carbocycles. The molecule has 0 amide bonds. The quantitative estimate of drug-likeness (QED) is 0.305. The predicted octanol–water partition coefficient (Wildman–Crippen LogP) is 3.26. The second kappa shape index (κ2) is 11.5. The summed E-state index contributed by atoms with van der Waals surface area (Å²) in [5.74, 6) is -1.08. The van der Waals surface area contributed by atoms with Gasteiger partial charge in [-0.15, -0.1) is 0 Å². The second-order valence-corrected chi connectivity index (χ2v) is 8.68. The van der Waals surface area contributed by atoms with E-state index in [-0.39, 0.29) is 19.0 Å². The molecule has 0 radical (unpaired) electrons. The minimum absolute atomic E-state index is 0.163. The summed E-state index contributed by atoms with van der Waals surface area (Å²) in [6.07, 6.45) is 8.27. The Bertz CT molecular complexity index is 614. The number of nitrogens with two attached hydrogens (primary N) is 1. The van der Waals surface area contributed by atoms with Gasteiger partial charge in [-0.05, 0) is 42.4 Å². The van der Waals surface area contributed by atoms with E-state index in [0.29, 0.717) is 0 Å². The van der Waals surface area contributed by atoms with Gasteiger partial charge in [0.15, 0.2) is 0 Å². The van der Waals surface area contributed by atoms with E-state index in [2.05, 4.69) is 6.92 Å². The fourth-order valence-electron chi connectivity index (χ4n) is 2.97. The van der Waals surface area contributed by atoms with Crippen molar-refractivity contribution < 1.29 is 24.3 Å². The number of aliphatic carboxylic acids is 1. The zero-order valence-electron chi connectivity index (χ0n) is 15.6. The van der Waals surface area contributed by atoms with Gasteiger partial charge in [-0.2, -0.15) is 0 Å². The highest BCUT2D eigenvalue weighted by atomic mass is 31.2. The third kappa shape index (κ3) is 9.48. The van der Waals surface area contributed by atoms with Crippen molar-refractivity contribution in [1.29, 1.82) is 0 Å². The molecule has 0 saturated heterocycles. The summed E-state index contributed by atoms with van der Waals surface area (Å²) < 4.78 is 11.1. The highest BCUT2D eigenvalue weighted by Crippen LogP contribution is 2.35. The number of benzene rings is 1. The van der Waals surface area contributed by atoms with Crippen LogP contribution >= 0.6 is 7.60 Å². The van der Waals surface area contributed by atoms with E-state index >= 15 is 0 Å². The first-order valence-electron chi connectivity index (χ1n) is 9.36. The van der Waals surface area contributed by atoms with Crippen LogP contribution in [0.15, 0.2) is 18.2 Å². The summed E-state index contributed by atoms with van der Waals surface area (Å²) in [6, 6.07) is 4.75. The van der Waals surface area contributed by atoms with Crippen LogP contribution in [-0.4, -0.2) is 33.1 Å². The molecule has 0 bridgehead atoms. The van der Waals surface area contributed by atoms with Gasteiger partial charge in [0, 0.05) is 0 Å². The molecule has 0 unspecified atom stereocenters. The summed E-state index contributed by atoms with van der Waals surface area (Å²) in [6.45, 7) is 2.19. The Balaban J connectivity index is 2.75. The third-order valence-corrected chi connectivity index (χ3v) is 5.33. The molecule has 148 valence electrons. The van der Waals surface area contributed by atoms with Gasteiger partial charge in [0.2, 0.25) is 0 Å². The van der Waals surface area contributed by atoms with Crippen molar-refractivity contribution in [2.75, 3.05) is 6.16 Å². The molecular formula is C19H32NO5P. The van der Waals surface area contributed by atoms with Crippen molar-refractivity contribution in [3.05, 3.63) is 34.9 Å². The van der Waals surface area contributed by atoms with Crippen LogP contribution in [0, 0.1) is 0 Å². The maximum absolute atomic E-state index is 11.1. The number of carboxylic acids is 1. The SMILES string of the molecule is CCCCCCCCc1ccc(CCP(=O)(O)O)c(C[C@H](N)C(=O)O)c1. The van der Waals surface area contributed by atoms with Crippen LogP contribution in [-0.2, 0) is 28.6 Å². The molecule has 1 atom stereocenters. The molecule has 0 aliphatic carbocycles. The average Bonchev–Trinajstić information content (AvgIpc) is 2.56. The molecule has 1 rings (SSSR count). The first kappa shape index (κ1) is 22.8. The Labute approximate surface area is 156 Å². The molecular weight excluding hydrogens is 353 g/mol. The van der Waals surface area contributed by atoms with Crippen LogP contribution in [0.5, 0.6) is 0 Å². The Morgan fingerprint density at radius 1 is 1.08 bits per heavy atom. The lowest BCUT2D eigenvalue weighted by molar-refractivity contribution is -0.138. The fourth-order valence-corrected chi connectivity index (χ4v) is 3.50. The number of carboxylic acid groups (broad SMARTS) is 1. The number of unbranched alkanes of at least 4 members (excludes halogenated alkanes) is 5. The van der Waals surface area contributed by atoms with Crippen LogP contribution in [0.4, 0.5) is 0 Å². The fraction of sp³-hybridized carbons (Fsp3) is 0.632. The molecule has 5 N–H and O–H groups in total. The number of carbonyl (C=O) groups is 1.